The molecule has 3 N–H and O–H groups in total. The first-order valence-electron chi connectivity index (χ1n) is 7.73. The van der Waals surface area contributed by atoms with Crippen molar-refractivity contribution in [2.45, 2.75) is 90.4 Å². The van der Waals surface area contributed by atoms with Gasteiger partial charge in [-0.3, -0.25) is 0 Å². The maximum atomic E-state index is 10.3. The summed E-state index contributed by atoms with van der Waals surface area (Å²) in [5.41, 5.74) is -1.30. The molecule has 0 spiro atoms. The topological polar surface area (TPSA) is 52.5 Å². The van der Waals surface area contributed by atoms with E-state index in [-0.39, 0.29) is 6.04 Å². The second kappa shape index (κ2) is 8.23. The van der Waals surface area contributed by atoms with Crippen molar-refractivity contribution in [3.63, 3.8) is 0 Å². The Morgan fingerprint density at radius 2 is 1.47 bits per heavy atom. The molecule has 3 unspecified atom stereocenters. The summed E-state index contributed by atoms with van der Waals surface area (Å²) < 4.78 is 0. The SMILES string of the molecule is CNC(C)C(C)(O)CCCC(C)(O)CCCC(C)C. The Morgan fingerprint density at radius 3 is 1.95 bits per heavy atom. The van der Waals surface area contributed by atoms with Crippen LogP contribution in [0.5, 0.6) is 0 Å². The molecule has 0 aromatic heterocycles. The molecule has 0 aliphatic carbocycles. The lowest BCUT2D eigenvalue weighted by Crippen LogP contribution is -2.45. The molecule has 3 nitrogen and oxygen atoms in total. The average Bonchev–Trinajstić information content (AvgIpc) is 2.26. The Morgan fingerprint density at radius 1 is 0.947 bits per heavy atom. The number of rotatable bonds is 10. The van der Waals surface area contributed by atoms with Gasteiger partial charge in [-0.15, -0.1) is 0 Å². The van der Waals surface area contributed by atoms with Gasteiger partial charge in [0.2, 0.25) is 0 Å². The van der Waals surface area contributed by atoms with Crippen molar-refractivity contribution in [3.8, 4) is 0 Å². The van der Waals surface area contributed by atoms with Crippen LogP contribution in [0.1, 0.15) is 73.1 Å². The van der Waals surface area contributed by atoms with Gasteiger partial charge >= 0.3 is 0 Å². The van der Waals surface area contributed by atoms with Crippen molar-refractivity contribution in [2.75, 3.05) is 7.05 Å². The molecule has 3 heteroatoms. The molecule has 0 bridgehead atoms. The standard InChI is InChI=1S/C16H35NO2/c1-13(2)9-7-10-15(4,18)11-8-12-16(5,19)14(3)17-6/h13-14,17-19H,7-12H2,1-6H3. The molecular formula is C16H35NO2. The Hall–Kier alpha value is -0.120. The molecule has 19 heavy (non-hydrogen) atoms. The van der Waals surface area contributed by atoms with Gasteiger partial charge in [0, 0.05) is 6.04 Å². The van der Waals surface area contributed by atoms with E-state index in [1.807, 2.05) is 27.8 Å². The highest BCUT2D eigenvalue weighted by molar-refractivity contribution is 4.84. The molecule has 116 valence electrons. The molecule has 0 fully saturated rings. The van der Waals surface area contributed by atoms with Gasteiger partial charge in [-0.25, -0.2) is 0 Å². The van der Waals surface area contributed by atoms with Crippen LogP contribution in [0.2, 0.25) is 0 Å². The maximum Gasteiger partial charge on any atom is 0.0769 e. The van der Waals surface area contributed by atoms with Gasteiger partial charge in [0.05, 0.1) is 11.2 Å². The molecule has 0 radical (unpaired) electrons. The fourth-order valence-corrected chi connectivity index (χ4v) is 2.37. The van der Waals surface area contributed by atoms with E-state index in [0.717, 1.165) is 32.1 Å². The van der Waals surface area contributed by atoms with Crippen molar-refractivity contribution in [1.82, 2.24) is 5.32 Å². The first-order valence-corrected chi connectivity index (χ1v) is 7.73. The Balaban J connectivity index is 3.97. The van der Waals surface area contributed by atoms with E-state index in [1.54, 1.807) is 0 Å². The first-order chi connectivity index (χ1) is 8.60. The molecule has 0 heterocycles. The Bertz CT molecular complexity index is 237. The molecule has 0 aromatic carbocycles. The van der Waals surface area contributed by atoms with Crippen molar-refractivity contribution in [1.29, 1.82) is 0 Å². The van der Waals surface area contributed by atoms with E-state index in [2.05, 4.69) is 19.2 Å². The highest BCUT2D eigenvalue weighted by Gasteiger charge is 2.28. The van der Waals surface area contributed by atoms with Gasteiger partial charge in [0.15, 0.2) is 0 Å². The second-order valence-electron chi connectivity index (χ2n) is 7.00. The second-order valence-corrected chi connectivity index (χ2v) is 7.00. The molecule has 0 rings (SSSR count). The van der Waals surface area contributed by atoms with Gasteiger partial charge < -0.3 is 15.5 Å². The third-order valence-corrected chi connectivity index (χ3v) is 4.26. The summed E-state index contributed by atoms with van der Waals surface area (Å²) in [6.45, 7) is 10.2. The quantitative estimate of drug-likeness (QED) is 0.573. The summed E-state index contributed by atoms with van der Waals surface area (Å²) in [6, 6.07) is 0.0680. The summed E-state index contributed by atoms with van der Waals surface area (Å²) >= 11 is 0. The van der Waals surface area contributed by atoms with Crippen LogP contribution in [0.3, 0.4) is 0 Å². The minimum Gasteiger partial charge on any atom is -0.390 e. The van der Waals surface area contributed by atoms with Gasteiger partial charge in [0.1, 0.15) is 0 Å². The van der Waals surface area contributed by atoms with Crippen LogP contribution >= 0.6 is 0 Å². The number of likely N-dealkylation sites (N-methyl/N-ethyl adjacent to an activating group) is 1. The largest absolute Gasteiger partial charge is 0.390 e. The van der Waals surface area contributed by atoms with Crippen LogP contribution < -0.4 is 5.32 Å². The average molecular weight is 273 g/mol. The smallest absolute Gasteiger partial charge is 0.0769 e. The zero-order valence-corrected chi connectivity index (χ0v) is 13.8. The summed E-state index contributed by atoms with van der Waals surface area (Å²) in [4.78, 5) is 0. The fraction of sp³-hybridized carbons (Fsp3) is 1.00. The Kier molecular flexibility index (Phi) is 8.18. The number of aliphatic hydroxyl groups is 2. The van der Waals surface area contributed by atoms with Crippen LogP contribution in [0.15, 0.2) is 0 Å². The monoisotopic (exact) mass is 273 g/mol. The zero-order valence-electron chi connectivity index (χ0n) is 13.8. The zero-order chi connectivity index (χ0) is 15.1. The first kappa shape index (κ1) is 18.9. The van der Waals surface area contributed by atoms with E-state index in [9.17, 15) is 10.2 Å². The minimum absolute atomic E-state index is 0.0680. The fourth-order valence-electron chi connectivity index (χ4n) is 2.37. The summed E-state index contributed by atoms with van der Waals surface area (Å²) in [5, 5.41) is 23.7. The normalized spacial score (nSPS) is 20.1. The molecular weight excluding hydrogens is 238 g/mol. The molecule has 0 saturated carbocycles. The van der Waals surface area contributed by atoms with Crippen molar-refractivity contribution < 1.29 is 10.2 Å². The summed E-state index contributed by atoms with van der Waals surface area (Å²) in [7, 11) is 1.86. The van der Waals surface area contributed by atoms with E-state index in [1.165, 1.54) is 6.42 Å². The predicted octanol–water partition coefficient (Wildman–Crippen LogP) is 3.09. The van der Waals surface area contributed by atoms with Crippen LogP contribution in [-0.4, -0.2) is 34.5 Å². The molecule has 3 atom stereocenters. The molecule has 0 amide bonds. The maximum absolute atomic E-state index is 10.3. The number of hydrogen-bond acceptors (Lipinski definition) is 3. The van der Waals surface area contributed by atoms with Crippen LogP contribution in [-0.2, 0) is 0 Å². The van der Waals surface area contributed by atoms with Gasteiger partial charge in [-0.05, 0) is 59.4 Å². The van der Waals surface area contributed by atoms with Gasteiger partial charge in [-0.2, -0.15) is 0 Å². The molecule has 0 saturated heterocycles. The lowest BCUT2D eigenvalue weighted by atomic mass is 9.86. The summed E-state index contributed by atoms with van der Waals surface area (Å²) in [6.07, 6.45) is 5.44. The van der Waals surface area contributed by atoms with Crippen LogP contribution in [0.25, 0.3) is 0 Å². The number of nitrogens with one attached hydrogen (secondary N) is 1. The summed E-state index contributed by atoms with van der Waals surface area (Å²) in [5.74, 6) is 0.702. The third kappa shape index (κ3) is 8.61. The Labute approximate surface area is 119 Å². The van der Waals surface area contributed by atoms with E-state index >= 15 is 0 Å². The van der Waals surface area contributed by atoms with Crippen molar-refractivity contribution in [2.24, 2.45) is 5.92 Å². The molecule has 0 aliphatic heterocycles. The minimum atomic E-state index is -0.706. The predicted molar refractivity (Wildman–Crippen MR) is 82.3 cm³/mol. The van der Waals surface area contributed by atoms with Crippen molar-refractivity contribution >= 4 is 0 Å². The highest BCUT2D eigenvalue weighted by Crippen LogP contribution is 2.25. The van der Waals surface area contributed by atoms with Gasteiger partial charge in [0.25, 0.3) is 0 Å². The lowest BCUT2D eigenvalue weighted by Gasteiger charge is -2.31. The molecule has 0 aromatic rings. The van der Waals surface area contributed by atoms with E-state index < -0.39 is 11.2 Å². The molecule has 0 aliphatic rings. The van der Waals surface area contributed by atoms with E-state index in [4.69, 9.17) is 0 Å². The highest BCUT2D eigenvalue weighted by atomic mass is 16.3. The van der Waals surface area contributed by atoms with Crippen molar-refractivity contribution in [3.05, 3.63) is 0 Å². The third-order valence-electron chi connectivity index (χ3n) is 4.26. The van der Waals surface area contributed by atoms with Crippen LogP contribution in [0, 0.1) is 5.92 Å². The number of hydrogen-bond donors (Lipinski definition) is 3. The van der Waals surface area contributed by atoms with Gasteiger partial charge in [-0.1, -0.05) is 26.7 Å². The van der Waals surface area contributed by atoms with Crippen LogP contribution in [0.4, 0.5) is 0 Å². The lowest BCUT2D eigenvalue weighted by molar-refractivity contribution is 0.0000512. The van der Waals surface area contributed by atoms with E-state index in [0.29, 0.717) is 5.92 Å².